The summed E-state index contributed by atoms with van der Waals surface area (Å²) in [4.78, 5) is 5.14. The van der Waals surface area contributed by atoms with Gasteiger partial charge in [0.1, 0.15) is 0 Å². The van der Waals surface area contributed by atoms with Crippen LogP contribution >= 0.6 is 11.3 Å². The van der Waals surface area contributed by atoms with Crippen molar-refractivity contribution in [2.75, 3.05) is 4.90 Å². The van der Waals surface area contributed by atoms with Crippen LogP contribution in [0.4, 0.5) is 17.1 Å². The molecule has 0 fully saturated rings. The second-order valence-corrected chi connectivity index (χ2v) is 19.0. The average molecular weight is 834 g/mol. The molecule has 0 radical (unpaired) electrons. The van der Waals surface area contributed by atoms with Crippen molar-refractivity contribution in [2.45, 2.75) is 24.7 Å². The zero-order valence-electron chi connectivity index (χ0n) is 35.7. The van der Waals surface area contributed by atoms with Crippen LogP contribution in [-0.4, -0.2) is 0 Å². The molecule has 1 nitrogen and oxygen atoms in total. The van der Waals surface area contributed by atoms with E-state index in [1.54, 1.807) is 0 Å². The fraction of sp³-hybridized carbons (Fsp3) is 0.0645. The average Bonchev–Trinajstić information content (AvgIpc) is 4.05. The Hall–Kier alpha value is -7.52. The normalized spacial score (nSPS) is 14.0. The van der Waals surface area contributed by atoms with E-state index in [0.29, 0.717) is 0 Å². The maximum atomic E-state index is 2.54. The predicted molar refractivity (Wildman–Crippen MR) is 269 cm³/mol. The fourth-order valence-electron chi connectivity index (χ4n) is 11.5. The molecular formula is C62H43NS. The largest absolute Gasteiger partial charge is 0.310 e. The van der Waals surface area contributed by atoms with Crippen molar-refractivity contribution >= 4 is 28.4 Å². The summed E-state index contributed by atoms with van der Waals surface area (Å²) in [6.45, 7) is 4.75. The van der Waals surface area contributed by atoms with E-state index in [2.05, 4.69) is 243 Å². The fourth-order valence-corrected chi connectivity index (χ4v) is 12.9. The molecule has 0 saturated carbocycles. The van der Waals surface area contributed by atoms with Crippen LogP contribution in [0.2, 0.25) is 0 Å². The lowest BCUT2D eigenvalue weighted by Gasteiger charge is -2.33. The molecule has 10 aromatic rings. The molecule has 64 heavy (non-hydrogen) atoms. The molecule has 0 saturated heterocycles. The van der Waals surface area contributed by atoms with Crippen LogP contribution in [0.1, 0.15) is 47.2 Å². The molecule has 0 bridgehead atoms. The first kappa shape index (κ1) is 37.1. The highest BCUT2D eigenvalue weighted by molar-refractivity contribution is 7.19. The standard InChI is InChI=1S/C62H43NS/c1-61(2)52-27-15-12-24-47(52)50-36-34-45(38-55(50)61)63(44-32-30-41(31-33-44)40-18-6-3-7-19-40)46-35-37-51-56(39-46)62(53-28-16-13-25-48(53)49-26-14-17-29-54(49)62)58-57(51)59(42-20-8-4-9-21-42)64-60(58)43-22-10-5-11-23-43/h3-39H,1-2H3. The van der Waals surface area contributed by atoms with Gasteiger partial charge in [0, 0.05) is 37.8 Å². The van der Waals surface area contributed by atoms with E-state index in [4.69, 9.17) is 0 Å². The molecule has 13 rings (SSSR count). The van der Waals surface area contributed by atoms with Crippen LogP contribution in [0.3, 0.4) is 0 Å². The van der Waals surface area contributed by atoms with E-state index >= 15 is 0 Å². The van der Waals surface area contributed by atoms with Gasteiger partial charge in [-0.25, -0.2) is 0 Å². The Balaban J connectivity index is 1.10. The van der Waals surface area contributed by atoms with Gasteiger partial charge in [-0.05, 0) is 120 Å². The molecule has 0 N–H and O–H groups in total. The van der Waals surface area contributed by atoms with Crippen LogP contribution in [0.5, 0.6) is 0 Å². The summed E-state index contributed by atoms with van der Waals surface area (Å²) in [5.74, 6) is 0. The lowest BCUT2D eigenvalue weighted by Crippen LogP contribution is -2.26. The van der Waals surface area contributed by atoms with Crippen LogP contribution in [0.25, 0.3) is 65.4 Å². The maximum Gasteiger partial charge on any atom is 0.0740 e. The Morgan fingerprint density at radius 1 is 0.328 bits per heavy atom. The highest BCUT2D eigenvalue weighted by Crippen LogP contribution is 2.68. The Kier molecular flexibility index (Phi) is 8.11. The third-order valence-corrected chi connectivity index (χ3v) is 15.6. The second kappa shape index (κ2) is 14.0. The minimum Gasteiger partial charge on any atom is -0.310 e. The summed E-state index contributed by atoms with van der Waals surface area (Å²) in [5.41, 5.74) is 23.7. The highest BCUT2D eigenvalue weighted by Gasteiger charge is 2.54. The molecule has 1 spiro atoms. The zero-order chi connectivity index (χ0) is 42.6. The molecule has 0 aliphatic heterocycles. The maximum absolute atomic E-state index is 2.54. The van der Waals surface area contributed by atoms with Gasteiger partial charge in [0.25, 0.3) is 0 Å². The number of rotatable bonds is 6. The number of benzene rings is 9. The van der Waals surface area contributed by atoms with Crippen molar-refractivity contribution in [1.82, 2.24) is 0 Å². The molecule has 3 aliphatic rings. The van der Waals surface area contributed by atoms with Crippen LogP contribution in [-0.2, 0) is 10.8 Å². The van der Waals surface area contributed by atoms with Gasteiger partial charge in [0.15, 0.2) is 0 Å². The minimum atomic E-state index is -0.549. The number of hydrogen-bond acceptors (Lipinski definition) is 2. The summed E-state index contributed by atoms with van der Waals surface area (Å²) in [7, 11) is 0. The first-order chi connectivity index (χ1) is 31.5. The van der Waals surface area contributed by atoms with Crippen molar-refractivity contribution in [3.8, 4) is 65.4 Å². The third kappa shape index (κ3) is 5.18. The minimum absolute atomic E-state index is 0.139. The molecule has 302 valence electrons. The molecule has 0 amide bonds. The monoisotopic (exact) mass is 833 g/mol. The Morgan fingerprint density at radius 2 is 0.750 bits per heavy atom. The molecule has 0 atom stereocenters. The van der Waals surface area contributed by atoms with Crippen LogP contribution < -0.4 is 4.90 Å². The number of fused-ring (bicyclic) bond motifs is 13. The van der Waals surface area contributed by atoms with Gasteiger partial charge < -0.3 is 4.90 Å². The molecule has 0 unspecified atom stereocenters. The molecule has 2 heteroatoms. The molecule has 3 aliphatic carbocycles. The summed E-state index contributed by atoms with van der Waals surface area (Å²) in [6.07, 6.45) is 0. The van der Waals surface area contributed by atoms with Crippen LogP contribution in [0.15, 0.2) is 224 Å². The number of nitrogens with zero attached hydrogens (tertiary/aromatic N) is 1. The van der Waals surface area contributed by atoms with Crippen molar-refractivity contribution in [1.29, 1.82) is 0 Å². The first-order valence-electron chi connectivity index (χ1n) is 22.3. The predicted octanol–water partition coefficient (Wildman–Crippen LogP) is 16.9. The number of anilines is 3. The van der Waals surface area contributed by atoms with E-state index < -0.39 is 5.41 Å². The van der Waals surface area contributed by atoms with Gasteiger partial charge in [-0.3, -0.25) is 0 Å². The summed E-state index contributed by atoms with van der Waals surface area (Å²) < 4.78 is 0. The quantitative estimate of drug-likeness (QED) is 0.161. The Bertz CT molecular complexity index is 3400. The smallest absolute Gasteiger partial charge is 0.0740 e. The third-order valence-electron chi connectivity index (χ3n) is 14.3. The Morgan fingerprint density at radius 3 is 1.34 bits per heavy atom. The summed E-state index contributed by atoms with van der Waals surface area (Å²) in [6, 6.07) is 83.8. The molecule has 9 aromatic carbocycles. The highest BCUT2D eigenvalue weighted by atomic mass is 32.1. The number of hydrogen-bond donors (Lipinski definition) is 0. The molecule has 1 heterocycles. The van der Waals surface area contributed by atoms with E-state index in [1.807, 2.05) is 11.3 Å². The molecular weight excluding hydrogens is 791 g/mol. The van der Waals surface area contributed by atoms with Crippen molar-refractivity contribution in [3.05, 3.63) is 258 Å². The molecule has 1 aromatic heterocycles. The van der Waals surface area contributed by atoms with Gasteiger partial charge in [0.05, 0.1) is 5.41 Å². The van der Waals surface area contributed by atoms with Crippen molar-refractivity contribution in [3.63, 3.8) is 0 Å². The van der Waals surface area contributed by atoms with Gasteiger partial charge in [-0.15, -0.1) is 11.3 Å². The Labute approximate surface area is 379 Å². The van der Waals surface area contributed by atoms with Crippen molar-refractivity contribution in [2.24, 2.45) is 0 Å². The summed E-state index contributed by atoms with van der Waals surface area (Å²) in [5, 5.41) is 0. The lowest BCUT2D eigenvalue weighted by atomic mass is 9.70. The van der Waals surface area contributed by atoms with E-state index in [-0.39, 0.29) is 5.41 Å². The van der Waals surface area contributed by atoms with Crippen LogP contribution in [0, 0.1) is 0 Å². The van der Waals surface area contributed by atoms with Gasteiger partial charge >= 0.3 is 0 Å². The SMILES string of the molecule is CC1(C)c2ccccc2-c2ccc(N(c3ccc(-c4ccccc4)cc3)c3ccc4c(c3)C3(c5ccccc5-c5ccccc53)c3c(-c5ccccc5)sc(-c5ccccc5)c3-4)cc21. The summed E-state index contributed by atoms with van der Waals surface area (Å²) >= 11 is 1.94. The second-order valence-electron chi connectivity index (χ2n) is 18.0. The van der Waals surface area contributed by atoms with Gasteiger partial charge in [0.2, 0.25) is 0 Å². The zero-order valence-corrected chi connectivity index (χ0v) is 36.5. The van der Waals surface area contributed by atoms with E-state index in [0.717, 1.165) is 17.1 Å². The lowest BCUT2D eigenvalue weighted by molar-refractivity contribution is 0.660. The van der Waals surface area contributed by atoms with Crippen molar-refractivity contribution < 1.29 is 0 Å². The van der Waals surface area contributed by atoms with E-state index in [9.17, 15) is 0 Å². The van der Waals surface area contributed by atoms with Gasteiger partial charge in [-0.2, -0.15) is 0 Å². The topological polar surface area (TPSA) is 3.24 Å². The first-order valence-corrected chi connectivity index (χ1v) is 23.2. The van der Waals surface area contributed by atoms with Gasteiger partial charge in [-0.1, -0.05) is 202 Å². The number of thiophene rings is 1. The van der Waals surface area contributed by atoms with E-state index in [1.165, 1.54) is 98.8 Å².